The third-order valence-electron chi connectivity index (χ3n) is 2.67. The summed E-state index contributed by atoms with van der Waals surface area (Å²) < 4.78 is 28.1. The first-order valence-electron chi connectivity index (χ1n) is 6.59. The van der Waals surface area contributed by atoms with Gasteiger partial charge >= 0.3 is 0 Å². The minimum atomic E-state index is -3.46. The number of nitrogens with one attached hydrogen (secondary N) is 3. The van der Waals surface area contributed by atoms with Crippen LogP contribution in [-0.2, 0) is 10.2 Å². The van der Waals surface area contributed by atoms with E-state index in [0.29, 0.717) is 12.2 Å². The monoisotopic (exact) mass is 285 g/mol. The highest BCUT2D eigenvalue weighted by Gasteiger charge is 2.09. The summed E-state index contributed by atoms with van der Waals surface area (Å²) in [5.74, 6) is 0. The second-order valence-electron chi connectivity index (χ2n) is 4.40. The van der Waals surface area contributed by atoms with Crippen molar-refractivity contribution in [3.8, 4) is 0 Å². The van der Waals surface area contributed by atoms with Crippen LogP contribution in [0.1, 0.15) is 38.8 Å². The van der Waals surface area contributed by atoms with Crippen molar-refractivity contribution in [2.45, 2.75) is 33.2 Å². The molecule has 0 radical (unpaired) electrons. The van der Waals surface area contributed by atoms with Gasteiger partial charge in [-0.15, -0.1) is 0 Å². The average molecular weight is 285 g/mol. The maximum atomic E-state index is 11.6. The number of rotatable bonds is 8. The lowest BCUT2D eigenvalue weighted by atomic mass is 10.1. The first-order chi connectivity index (χ1) is 8.98. The molecule has 0 fully saturated rings. The molecule has 0 aliphatic heterocycles. The highest BCUT2D eigenvalue weighted by molar-refractivity contribution is 7.90. The molecule has 0 aromatic heterocycles. The Bertz CT molecular complexity index is 488. The summed E-state index contributed by atoms with van der Waals surface area (Å²) in [4.78, 5) is 0. The van der Waals surface area contributed by atoms with Gasteiger partial charge in [0, 0.05) is 12.6 Å². The molecule has 0 aliphatic carbocycles. The van der Waals surface area contributed by atoms with Crippen LogP contribution in [0.25, 0.3) is 0 Å². The molecule has 0 heterocycles. The molecular formula is C13H23N3O2S. The number of hydrogen-bond donors (Lipinski definition) is 3. The zero-order chi connectivity index (χ0) is 14.3. The lowest BCUT2D eigenvalue weighted by Gasteiger charge is -2.15. The SMILES string of the molecule is CCCNC(C)c1cccc(NS(=O)(=O)NCC)c1. The van der Waals surface area contributed by atoms with Gasteiger partial charge in [0.15, 0.2) is 0 Å². The molecule has 1 atom stereocenters. The van der Waals surface area contributed by atoms with Crippen molar-refractivity contribution in [2.75, 3.05) is 17.8 Å². The van der Waals surface area contributed by atoms with E-state index in [2.05, 4.69) is 28.6 Å². The maximum Gasteiger partial charge on any atom is 0.299 e. The fourth-order valence-electron chi connectivity index (χ4n) is 1.73. The zero-order valence-corrected chi connectivity index (χ0v) is 12.5. The van der Waals surface area contributed by atoms with E-state index < -0.39 is 10.2 Å². The van der Waals surface area contributed by atoms with Crippen LogP contribution in [0.5, 0.6) is 0 Å². The molecule has 1 aromatic carbocycles. The van der Waals surface area contributed by atoms with Gasteiger partial charge in [0.1, 0.15) is 0 Å². The second kappa shape index (κ2) is 7.47. The molecule has 1 aromatic rings. The molecule has 1 unspecified atom stereocenters. The van der Waals surface area contributed by atoms with E-state index in [-0.39, 0.29) is 6.04 Å². The summed E-state index contributed by atoms with van der Waals surface area (Å²) >= 11 is 0. The lowest BCUT2D eigenvalue weighted by molar-refractivity contribution is 0.571. The Morgan fingerprint density at radius 3 is 2.63 bits per heavy atom. The van der Waals surface area contributed by atoms with Crippen LogP contribution in [0.2, 0.25) is 0 Å². The van der Waals surface area contributed by atoms with Gasteiger partial charge in [-0.3, -0.25) is 4.72 Å². The van der Waals surface area contributed by atoms with Crippen molar-refractivity contribution in [3.63, 3.8) is 0 Å². The highest BCUT2D eigenvalue weighted by Crippen LogP contribution is 2.18. The van der Waals surface area contributed by atoms with Crippen LogP contribution in [0.3, 0.4) is 0 Å². The van der Waals surface area contributed by atoms with Gasteiger partial charge in [0.2, 0.25) is 0 Å². The van der Waals surface area contributed by atoms with Crippen LogP contribution in [0.15, 0.2) is 24.3 Å². The fraction of sp³-hybridized carbons (Fsp3) is 0.538. The van der Waals surface area contributed by atoms with Crippen LogP contribution in [0, 0.1) is 0 Å². The van der Waals surface area contributed by atoms with Crippen LogP contribution in [0.4, 0.5) is 5.69 Å². The third kappa shape index (κ3) is 5.59. The van der Waals surface area contributed by atoms with E-state index in [1.165, 1.54) is 0 Å². The van der Waals surface area contributed by atoms with Gasteiger partial charge in [-0.25, -0.2) is 0 Å². The zero-order valence-electron chi connectivity index (χ0n) is 11.7. The first kappa shape index (κ1) is 15.9. The largest absolute Gasteiger partial charge is 0.310 e. The number of anilines is 1. The summed E-state index contributed by atoms with van der Waals surface area (Å²) in [6.07, 6.45) is 1.07. The molecular weight excluding hydrogens is 262 g/mol. The summed E-state index contributed by atoms with van der Waals surface area (Å²) in [5.41, 5.74) is 1.63. The van der Waals surface area contributed by atoms with Crippen LogP contribution in [-0.4, -0.2) is 21.5 Å². The van der Waals surface area contributed by atoms with Crippen molar-refractivity contribution in [1.82, 2.24) is 10.0 Å². The van der Waals surface area contributed by atoms with Gasteiger partial charge in [0.25, 0.3) is 10.2 Å². The van der Waals surface area contributed by atoms with Gasteiger partial charge in [0.05, 0.1) is 5.69 Å². The molecule has 1 rings (SSSR count). The third-order valence-corrected chi connectivity index (χ3v) is 3.85. The van der Waals surface area contributed by atoms with E-state index in [1.807, 2.05) is 18.2 Å². The van der Waals surface area contributed by atoms with Crippen molar-refractivity contribution in [2.24, 2.45) is 0 Å². The van der Waals surface area contributed by atoms with Gasteiger partial charge in [-0.2, -0.15) is 13.1 Å². The van der Waals surface area contributed by atoms with E-state index in [4.69, 9.17) is 0 Å². The topological polar surface area (TPSA) is 70.2 Å². The van der Waals surface area contributed by atoms with Gasteiger partial charge < -0.3 is 5.32 Å². The summed E-state index contributed by atoms with van der Waals surface area (Å²) in [7, 11) is -3.46. The standard InChI is InChI=1S/C13H23N3O2S/c1-4-9-14-11(3)12-7-6-8-13(10-12)16-19(17,18)15-5-2/h6-8,10-11,14-16H,4-5,9H2,1-3H3. The Balaban J connectivity index is 2.77. The number of benzene rings is 1. The van der Waals surface area contributed by atoms with E-state index >= 15 is 0 Å². The molecule has 0 spiro atoms. The second-order valence-corrected chi connectivity index (χ2v) is 5.90. The summed E-state index contributed by atoms with van der Waals surface area (Å²) in [6.45, 7) is 7.22. The van der Waals surface area contributed by atoms with Crippen molar-refractivity contribution in [1.29, 1.82) is 0 Å². The van der Waals surface area contributed by atoms with Crippen LogP contribution < -0.4 is 14.8 Å². The van der Waals surface area contributed by atoms with Crippen molar-refractivity contribution >= 4 is 15.9 Å². The Morgan fingerprint density at radius 2 is 2.00 bits per heavy atom. The predicted molar refractivity (Wildman–Crippen MR) is 79.4 cm³/mol. The first-order valence-corrected chi connectivity index (χ1v) is 8.07. The molecule has 0 saturated heterocycles. The molecule has 108 valence electrons. The van der Waals surface area contributed by atoms with Crippen molar-refractivity contribution < 1.29 is 8.42 Å². The molecule has 0 aliphatic rings. The quantitative estimate of drug-likeness (QED) is 0.684. The Hall–Kier alpha value is -1.11. The van der Waals surface area contributed by atoms with Gasteiger partial charge in [-0.05, 0) is 37.6 Å². The minimum absolute atomic E-state index is 0.198. The summed E-state index contributed by atoms with van der Waals surface area (Å²) in [6, 6.07) is 7.62. The van der Waals surface area contributed by atoms with E-state index in [1.54, 1.807) is 13.0 Å². The van der Waals surface area contributed by atoms with Crippen molar-refractivity contribution in [3.05, 3.63) is 29.8 Å². The molecule has 0 amide bonds. The Labute approximate surface area is 116 Å². The lowest BCUT2D eigenvalue weighted by Crippen LogP contribution is -2.29. The number of hydrogen-bond acceptors (Lipinski definition) is 3. The molecule has 3 N–H and O–H groups in total. The average Bonchev–Trinajstić information content (AvgIpc) is 2.35. The maximum absolute atomic E-state index is 11.6. The van der Waals surface area contributed by atoms with E-state index in [9.17, 15) is 8.42 Å². The summed E-state index contributed by atoms with van der Waals surface area (Å²) in [5, 5.41) is 3.37. The van der Waals surface area contributed by atoms with E-state index in [0.717, 1.165) is 18.5 Å². The van der Waals surface area contributed by atoms with Gasteiger partial charge in [-0.1, -0.05) is 26.0 Å². The highest BCUT2D eigenvalue weighted by atomic mass is 32.2. The van der Waals surface area contributed by atoms with Crippen LogP contribution >= 0.6 is 0 Å². The molecule has 19 heavy (non-hydrogen) atoms. The minimum Gasteiger partial charge on any atom is -0.310 e. The molecule has 0 saturated carbocycles. The molecule has 0 bridgehead atoms. The Morgan fingerprint density at radius 1 is 1.26 bits per heavy atom. The Kier molecular flexibility index (Phi) is 6.27. The molecule has 6 heteroatoms. The normalized spacial score (nSPS) is 13.2. The predicted octanol–water partition coefficient (Wildman–Crippen LogP) is 2.01. The molecule has 5 nitrogen and oxygen atoms in total. The fourth-order valence-corrected chi connectivity index (χ4v) is 2.62. The smallest absolute Gasteiger partial charge is 0.299 e.